The highest BCUT2D eigenvalue weighted by molar-refractivity contribution is 5.84. The largest absolute Gasteiger partial charge is 0.396 e. The lowest BCUT2D eigenvalue weighted by Gasteiger charge is -2.22. The third-order valence-electron chi connectivity index (χ3n) is 4.41. The summed E-state index contributed by atoms with van der Waals surface area (Å²) in [7, 11) is 0. The molecule has 0 aromatic carbocycles. The molecule has 1 aliphatic rings. The summed E-state index contributed by atoms with van der Waals surface area (Å²) in [6.07, 6.45) is 6.95. The summed E-state index contributed by atoms with van der Waals surface area (Å²) in [5.74, 6) is -0.139. The number of H-pyrrole nitrogens is 1. The van der Waals surface area contributed by atoms with E-state index in [1.54, 1.807) is 12.4 Å². The van der Waals surface area contributed by atoms with Crippen molar-refractivity contribution in [3.05, 3.63) is 47.5 Å². The Morgan fingerprint density at radius 1 is 1.48 bits per heavy atom. The summed E-state index contributed by atoms with van der Waals surface area (Å²) in [5, 5.41) is 19.6. The smallest absolute Gasteiger partial charge is 0.227 e. The molecule has 0 saturated carbocycles. The first-order valence-electron chi connectivity index (χ1n) is 8.08. The minimum atomic E-state index is -0.133. The first kappa shape index (κ1) is 15.7. The maximum absolute atomic E-state index is 12.5. The molecule has 2 atom stereocenters. The monoisotopic (exact) mass is 314 g/mol. The normalized spacial score (nSPS) is 18.2. The number of aryl methyl sites for hydroxylation is 1. The third-order valence-corrected chi connectivity index (χ3v) is 4.41. The number of amides is 1. The lowest BCUT2D eigenvalue weighted by Crippen LogP contribution is -2.36. The molecule has 6 nitrogen and oxygen atoms in total. The van der Waals surface area contributed by atoms with E-state index >= 15 is 0 Å². The van der Waals surface area contributed by atoms with Gasteiger partial charge in [0.1, 0.15) is 0 Å². The number of aromatic amines is 1. The third kappa shape index (κ3) is 3.76. The molecule has 2 aromatic heterocycles. The van der Waals surface area contributed by atoms with Crippen LogP contribution in [0.3, 0.4) is 0 Å². The Morgan fingerprint density at radius 2 is 2.39 bits per heavy atom. The molecule has 0 aliphatic heterocycles. The maximum atomic E-state index is 12.5. The summed E-state index contributed by atoms with van der Waals surface area (Å²) in [4.78, 5) is 16.8. The SMILES string of the molecule is O=C(NCC(CO)Cc1ccccn1)C1CCCc2[nH]ncc21. The molecule has 2 unspecified atom stereocenters. The fourth-order valence-electron chi connectivity index (χ4n) is 3.12. The van der Waals surface area contributed by atoms with Gasteiger partial charge in [-0.2, -0.15) is 5.10 Å². The molecule has 0 radical (unpaired) electrons. The number of aliphatic hydroxyl groups is 1. The fraction of sp³-hybridized carbons (Fsp3) is 0.471. The number of carbonyl (C=O) groups excluding carboxylic acids is 1. The number of nitrogens with zero attached hydrogens (tertiary/aromatic N) is 2. The van der Waals surface area contributed by atoms with E-state index in [9.17, 15) is 9.90 Å². The van der Waals surface area contributed by atoms with Gasteiger partial charge < -0.3 is 10.4 Å². The summed E-state index contributed by atoms with van der Waals surface area (Å²) in [6, 6.07) is 5.73. The number of hydrogen-bond acceptors (Lipinski definition) is 4. The van der Waals surface area contributed by atoms with Crippen LogP contribution in [0, 0.1) is 5.92 Å². The quantitative estimate of drug-likeness (QED) is 0.747. The maximum Gasteiger partial charge on any atom is 0.227 e. The zero-order valence-corrected chi connectivity index (χ0v) is 13.0. The molecule has 122 valence electrons. The average molecular weight is 314 g/mol. The van der Waals surface area contributed by atoms with Crippen LogP contribution in [0.25, 0.3) is 0 Å². The number of rotatable bonds is 6. The van der Waals surface area contributed by atoms with Crippen molar-refractivity contribution in [2.75, 3.05) is 13.2 Å². The standard InChI is InChI=1S/C17H22N4O2/c22-11-12(8-13-4-1-2-7-18-13)9-19-17(23)14-5-3-6-16-15(14)10-20-21-16/h1-2,4,7,10,12,14,22H,3,5-6,8-9,11H2,(H,19,23)(H,20,21). The highest BCUT2D eigenvalue weighted by Crippen LogP contribution is 2.30. The van der Waals surface area contributed by atoms with E-state index in [1.165, 1.54) is 0 Å². The highest BCUT2D eigenvalue weighted by Gasteiger charge is 2.28. The minimum absolute atomic E-state index is 0.0202. The van der Waals surface area contributed by atoms with Gasteiger partial charge in [0.2, 0.25) is 5.91 Å². The van der Waals surface area contributed by atoms with Crippen LogP contribution in [0.2, 0.25) is 0 Å². The number of fused-ring (bicyclic) bond motifs is 1. The number of hydrogen-bond donors (Lipinski definition) is 3. The summed E-state index contributed by atoms with van der Waals surface area (Å²) >= 11 is 0. The van der Waals surface area contributed by atoms with Crippen molar-refractivity contribution < 1.29 is 9.90 Å². The van der Waals surface area contributed by atoms with E-state index in [2.05, 4.69) is 20.5 Å². The molecule has 23 heavy (non-hydrogen) atoms. The predicted octanol–water partition coefficient (Wildman–Crippen LogP) is 1.19. The summed E-state index contributed by atoms with van der Waals surface area (Å²) in [6.45, 7) is 0.480. The Labute approximate surface area is 135 Å². The van der Waals surface area contributed by atoms with Crippen molar-refractivity contribution in [3.63, 3.8) is 0 Å². The Balaban J connectivity index is 1.56. The van der Waals surface area contributed by atoms with E-state index < -0.39 is 0 Å². The van der Waals surface area contributed by atoms with Gasteiger partial charge in [-0.15, -0.1) is 0 Å². The lowest BCUT2D eigenvalue weighted by atomic mass is 9.86. The number of carbonyl (C=O) groups is 1. The van der Waals surface area contributed by atoms with Crippen molar-refractivity contribution in [1.82, 2.24) is 20.5 Å². The van der Waals surface area contributed by atoms with Gasteiger partial charge in [0.05, 0.1) is 12.1 Å². The van der Waals surface area contributed by atoms with E-state index in [0.717, 1.165) is 36.2 Å². The molecule has 0 fully saturated rings. The molecule has 1 aliphatic carbocycles. The highest BCUT2D eigenvalue weighted by atomic mass is 16.3. The molecule has 0 bridgehead atoms. The van der Waals surface area contributed by atoms with Gasteiger partial charge in [-0.05, 0) is 37.8 Å². The van der Waals surface area contributed by atoms with Gasteiger partial charge >= 0.3 is 0 Å². The number of aliphatic hydroxyl groups excluding tert-OH is 1. The van der Waals surface area contributed by atoms with Crippen LogP contribution in [-0.4, -0.2) is 39.3 Å². The van der Waals surface area contributed by atoms with Crippen LogP contribution in [0.15, 0.2) is 30.6 Å². The second-order valence-corrected chi connectivity index (χ2v) is 6.07. The van der Waals surface area contributed by atoms with E-state index in [-0.39, 0.29) is 24.3 Å². The second kappa shape index (κ2) is 7.37. The van der Waals surface area contributed by atoms with Crippen LogP contribution >= 0.6 is 0 Å². The van der Waals surface area contributed by atoms with Gasteiger partial charge in [0.15, 0.2) is 0 Å². The number of pyridine rings is 1. The zero-order chi connectivity index (χ0) is 16.1. The van der Waals surface area contributed by atoms with Crippen LogP contribution in [0.5, 0.6) is 0 Å². The molecule has 0 spiro atoms. The minimum Gasteiger partial charge on any atom is -0.396 e. The molecular formula is C17H22N4O2. The fourth-order valence-corrected chi connectivity index (χ4v) is 3.12. The molecule has 2 heterocycles. The van der Waals surface area contributed by atoms with E-state index in [1.807, 2.05) is 18.2 Å². The van der Waals surface area contributed by atoms with Gasteiger partial charge in [0, 0.05) is 42.2 Å². The number of aromatic nitrogens is 3. The van der Waals surface area contributed by atoms with Crippen LogP contribution < -0.4 is 5.32 Å². The van der Waals surface area contributed by atoms with Crippen molar-refractivity contribution >= 4 is 5.91 Å². The molecule has 6 heteroatoms. The van der Waals surface area contributed by atoms with Gasteiger partial charge in [0.25, 0.3) is 0 Å². The average Bonchev–Trinajstić information content (AvgIpc) is 3.07. The molecule has 3 N–H and O–H groups in total. The predicted molar refractivity (Wildman–Crippen MR) is 85.8 cm³/mol. The number of nitrogens with one attached hydrogen (secondary N) is 2. The summed E-state index contributed by atoms with van der Waals surface area (Å²) < 4.78 is 0. The van der Waals surface area contributed by atoms with Crippen molar-refractivity contribution in [1.29, 1.82) is 0 Å². The van der Waals surface area contributed by atoms with Crippen LogP contribution in [0.1, 0.15) is 35.7 Å². The topological polar surface area (TPSA) is 90.9 Å². The first-order chi connectivity index (χ1) is 11.3. The molecule has 0 saturated heterocycles. The molecule has 1 amide bonds. The Kier molecular flexibility index (Phi) is 5.02. The van der Waals surface area contributed by atoms with Crippen LogP contribution in [0.4, 0.5) is 0 Å². The van der Waals surface area contributed by atoms with Crippen molar-refractivity contribution in [2.45, 2.75) is 31.6 Å². The molecular weight excluding hydrogens is 292 g/mol. The van der Waals surface area contributed by atoms with Gasteiger partial charge in [-0.25, -0.2) is 0 Å². The van der Waals surface area contributed by atoms with E-state index in [0.29, 0.717) is 13.0 Å². The Morgan fingerprint density at radius 3 is 3.17 bits per heavy atom. The molecule has 3 rings (SSSR count). The van der Waals surface area contributed by atoms with Gasteiger partial charge in [-0.1, -0.05) is 6.07 Å². The van der Waals surface area contributed by atoms with Crippen molar-refractivity contribution in [2.24, 2.45) is 5.92 Å². The Hall–Kier alpha value is -2.21. The lowest BCUT2D eigenvalue weighted by molar-refractivity contribution is -0.123. The summed E-state index contributed by atoms with van der Waals surface area (Å²) in [5.41, 5.74) is 3.01. The van der Waals surface area contributed by atoms with Crippen molar-refractivity contribution in [3.8, 4) is 0 Å². The van der Waals surface area contributed by atoms with E-state index in [4.69, 9.17) is 0 Å². The zero-order valence-electron chi connectivity index (χ0n) is 13.0. The first-order valence-corrected chi connectivity index (χ1v) is 8.08. The second-order valence-electron chi connectivity index (χ2n) is 6.07. The molecule has 2 aromatic rings. The van der Waals surface area contributed by atoms with Crippen LogP contribution in [-0.2, 0) is 17.6 Å². The Bertz CT molecular complexity index is 641. The van der Waals surface area contributed by atoms with Gasteiger partial charge in [-0.3, -0.25) is 14.9 Å².